The number of hydrogen-bond acceptors (Lipinski definition) is 2. The Kier molecular flexibility index (Phi) is 5.54. The zero-order valence-corrected chi connectivity index (χ0v) is 21.9. The number of carbonyl (C=O) groups excluding carboxylic acids is 1. The highest BCUT2D eigenvalue weighted by atomic mass is 28.4. The van der Waals surface area contributed by atoms with Gasteiger partial charge in [-0.3, -0.25) is 4.79 Å². The standard InChI is InChI=1S/C27H46O2Si/c1-9-18-16-23(28)27(6)15-13-22-21(24(18)27)11-10-19-17-20(12-14-26(19,22)5)29-30(7,8)25(2,3)4/h10,18,20-22,24H,9,11-17H2,1-8H3/t18-,20-,21+,22-,24-,26-,27+/m0/s1. The molecular formula is C27H46O2Si. The SMILES string of the molecule is CC[C@H]1CC(=O)[C@@]2(C)CC[C@H]3[C@@H](CC=C4C[C@@H](O[Si](C)(C)C(C)(C)C)CC[C@@]43C)[C@H]12. The third-order valence-corrected chi connectivity index (χ3v) is 15.2. The molecule has 7 atom stereocenters. The molecular weight excluding hydrogens is 384 g/mol. The van der Waals surface area contributed by atoms with Crippen molar-refractivity contribution in [3.63, 3.8) is 0 Å². The summed E-state index contributed by atoms with van der Waals surface area (Å²) in [5.74, 6) is 3.29. The lowest BCUT2D eigenvalue weighted by Gasteiger charge is -2.58. The van der Waals surface area contributed by atoms with Crippen molar-refractivity contribution in [2.45, 2.75) is 117 Å². The summed E-state index contributed by atoms with van der Waals surface area (Å²) in [5.41, 5.74) is 1.99. The van der Waals surface area contributed by atoms with E-state index in [1.807, 2.05) is 0 Å². The third kappa shape index (κ3) is 3.32. The molecule has 4 aliphatic rings. The fourth-order valence-corrected chi connectivity index (χ4v) is 9.15. The largest absolute Gasteiger partial charge is 0.414 e. The second-order valence-electron chi connectivity index (χ2n) is 13.2. The number of rotatable bonds is 3. The molecule has 0 heterocycles. The summed E-state index contributed by atoms with van der Waals surface area (Å²) >= 11 is 0. The second kappa shape index (κ2) is 7.30. The molecule has 0 unspecified atom stereocenters. The van der Waals surface area contributed by atoms with Crippen molar-refractivity contribution in [3.8, 4) is 0 Å². The van der Waals surface area contributed by atoms with E-state index in [9.17, 15) is 4.79 Å². The fraction of sp³-hybridized carbons (Fsp3) is 0.889. The van der Waals surface area contributed by atoms with Gasteiger partial charge in [0.1, 0.15) is 5.78 Å². The van der Waals surface area contributed by atoms with Gasteiger partial charge in [0.15, 0.2) is 8.32 Å². The van der Waals surface area contributed by atoms with E-state index in [-0.39, 0.29) is 10.5 Å². The van der Waals surface area contributed by atoms with Crippen molar-refractivity contribution in [1.82, 2.24) is 0 Å². The minimum atomic E-state index is -1.72. The van der Waals surface area contributed by atoms with Crippen LogP contribution in [0.2, 0.25) is 18.1 Å². The van der Waals surface area contributed by atoms with Crippen LogP contribution in [-0.2, 0) is 9.22 Å². The molecule has 4 aliphatic carbocycles. The van der Waals surface area contributed by atoms with Gasteiger partial charge in [0.25, 0.3) is 0 Å². The summed E-state index contributed by atoms with van der Waals surface area (Å²) in [6.45, 7) is 19.0. The number of allylic oxidation sites excluding steroid dienone is 1. The van der Waals surface area contributed by atoms with Crippen LogP contribution in [0.1, 0.15) is 92.9 Å². The van der Waals surface area contributed by atoms with Gasteiger partial charge in [0.05, 0.1) is 0 Å². The molecule has 0 aromatic heterocycles. The topological polar surface area (TPSA) is 26.3 Å². The Bertz CT molecular complexity index is 732. The van der Waals surface area contributed by atoms with E-state index in [2.05, 4.69) is 60.7 Å². The first-order valence-corrected chi connectivity index (χ1v) is 15.6. The molecule has 2 nitrogen and oxygen atoms in total. The van der Waals surface area contributed by atoms with Gasteiger partial charge in [-0.1, -0.05) is 59.6 Å². The molecule has 0 N–H and O–H groups in total. The number of Topliss-reactive ketones (excluding diaryl/α,β-unsaturated/α-hetero) is 1. The van der Waals surface area contributed by atoms with Crippen LogP contribution in [0.4, 0.5) is 0 Å². The van der Waals surface area contributed by atoms with Gasteiger partial charge in [0.2, 0.25) is 0 Å². The molecule has 0 bridgehead atoms. The number of ketones is 1. The average molecular weight is 431 g/mol. The smallest absolute Gasteiger partial charge is 0.192 e. The summed E-state index contributed by atoms with van der Waals surface area (Å²) in [6, 6.07) is 0. The van der Waals surface area contributed by atoms with E-state index in [1.165, 1.54) is 32.1 Å². The maximum Gasteiger partial charge on any atom is 0.192 e. The Hall–Kier alpha value is -0.413. The third-order valence-electron chi connectivity index (χ3n) is 10.7. The zero-order chi connectivity index (χ0) is 22.1. The van der Waals surface area contributed by atoms with Crippen LogP contribution in [0, 0.1) is 34.5 Å². The highest BCUT2D eigenvalue weighted by Crippen LogP contribution is 2.65. The molecule has 0 saturated heterocycles. The van der Waals surface area contributed by atoms with Gasteiger partial charge < -0.3 is 4.43 Å². The Morgan fingerprint density at radius 3 is 2.40 bits per heavy atom. The van der Waals surface area contributed by atoms with Gasteiger partial charge in [-0.05, 0) is 85.7 Å². The van der Waals surface area contributed by atoms with Crippen LogP contribution >= 0.6 is 0 Å². The first-order chi connectivity index (χ1) is 13.8. The summed E-state index contributed by atoms with van der Waals surface area (Å²) in [7, 11) is -1.72. The summed E-state index contributed by atoms with van der Waals surface area (Å²) < 4.78 is 6.86. The molecule has 4 rings (SSSR count). The van der Waals surface area contributed by atoms with Crippen molar-refractivity contribution < 1.29 is 9.22 Å². The predicted molar refractivity (Wildman–Crippen MR) is 128 cm³/mol. The van der Waals surface area contributed by atoms with E-state index in [0.717, 1.165) is 25.2 Å². The Morgan fingerprint density at radius 1 is 1.10 bits per heavy atom. The molecule has 0 aromatic carbocycles. The first-order valence-electron chi connectivity index (χ1n) is 12.7. The minimum absolute atomic E-state index is 0.0355. The Balaban J connectivity index is 1.57. The lowest BCUT2D eigenvalue weighted by molar-refractivity contribution is -0.132. The molecule has 0 aliphatic heterocycles. The van der Waals surface area contributed by atoms with Gasteiger partial charge in [0, 0.05) is 17.9 Å². The normalized spacial score (nSPS) is 44.2. The van der Waals surface area contributed by atoms with E-state index in [0.29, 0.717) is 35.1 Å². The van der Waals surface area contributed by atoms with Crippen molar-refractivity contribution in [2.75, 3.05) is 0 Å². The monoisotopic (exact) mass is 430 g/mol. The molecule has 0 radical (unpaired) electrons. The molecule has 170 valence electrons. The quantitative estimate of drug-likeness (QED) is 0.341. The number of carbonyl (C=O) groups is 1. The summed E-state index contributed by atoms with van der Waals surface area (Å²) in [4.78, 5) is 13.0. The van der Waals surface area contributed by atoms with Crippen LogP contribution < -0.4 is 0 Å². The van der Waals surface area contributed by atoms with Gasteiger partial charge in [-0.15, -0.1) is 0 Å². The van der Waals surface area contributed by atoms with Gasteiger partial charge >= 0.3 is 0 Å². The van der Waals surface area contributed by atoms with Crippen LogP contribution in [-0.4, -0.2) is 20.2 Å². The predicted octanol–water partition coefficient (Wildman–Crippen LogP) is 7.54. The van der Waals surface area contributed by atoms with E-state index >= 15 is 0 Å². The van der Waals surface area contributed by atoms with Crippen LogP contribution in [0.5, 0.6) is 0 Å². The minimum Gasteiger partial charge on any atom is -0.414 e. The first kappa shape index (κ1) is 22.8. The van der Waals surface area contributed by atoms with Crippen LogP contribution in [0.3, 0.4) is 0 Å². The van der Waals surface area contributed by atoms with Crippen molar-refractivity contribution in [2.24, 2.45) is 34.5 Å². The molecule has 0 spiro atoms. The van der Waals surface area contributed by atoms with Gasteiger partial charge in [-0.25, -0.2) is 0 Å². The average Bonchev–Trinajstić information content (AvgIpc) is 2.91. The Labute approximate surface area is 186 Å². The molecule has 30 heavy (non-hydrogen) atoms. The summed E-state index contributed by atoms with van der Waals surface area (Å²) in [5, 5.41) is 0.276. The van der Waals surface area contributed by atoms with Crippen LogP contribution in [0.15, 0.2) is 11.6 Å². The van der Waals surface area contributed by atoms with Gasteiger partial charge in [-0.2, -0.15) is 0 Å². The highest BCUT2D eigenvalue weighted by Gasteiger charge is 2.61. The maximum absolute atomic E-state index is 13.0. The Morgan fingerprint density at radius 2 is 1.77 bits per heavy atom. The molecule has 3 heteroatoms. The summed E-state index contributed by atoms with van der Waals surface area (Å²) in [6.07, 6.45) is 12.2. The second-order valence-corrected chi connectivity index (χ2v) is 17.9. The van der Waals surface area contributed by atoms with Crippen molar-refractivity contribution in [1.29, 1.82) is 0 Å². The van der Waals surface area contributed by atoms with E-state index < -0.39 is 8.32 Å². The fourth-order valence-electron chi connectivity index (χ4n) is 7.77. The maximum atomic E-state index is 13.0. The van der Waals surface area contributed by atoms with Crippen molar-refractivity contribution >= 4 is 14.1 Å². The van der Waals surface area contributed by atoms with E-state index in [4.69, 9.17) is 4.43 Å². The lowest BCUT2D eigenvalue weighted by Crippen LogP contribution is -2.52. The van der Waals surface area contributed by atoms with Crippen LogP contribution in [0.25, 0.3) is 0 Å². The molecule has 3 fully saturated rings. The molecule has 0 amide bonds. The number of hydrogen-bond donors (Lipinski definition) is 0. The van der Waals surface area contributed by atoms with Crippen molar-refractivity contribution in [3.05, 3.63) is 11.6 Å². The number of fused-ring (bicyclic) bond motifs is 5. The highest BCUT2D eigenvalue weighted by molar-refractivity contribution is 6.74. The van der Waals surface area contributed by atoms with E-state index in [1.54, 1.807) is 5.57 Å². The molecule has 3 saturated carbocycles. The molecule has 0 aromatic rings. The zero-order valence-electron chi connectivity index (χ0n) is 20.9. The lowest BCUT2D eigenvalue weighted by atomic mass is 9.47.